The van der Waals surface area contributed by atoms with Gasteiger partial charge in [-0.15, -0.1) is 0 Å². The topological polar surface area (TPSA) is 39.4 Å². The number of carbonyl (C=O) groups is 1. The molecule has 0 atom stereocenters. The van der Waals surface area contributed by atoms with Gasteiger partial charge in [-0.1, -0.05) is 12.1 Å². The molecular weight excluding hydrogens is 180 g/mol. The van der Waals surface area contributed by atoms with E-state index in [2.05, 4.69) is 0 Å². The van der Waals surface area contributed by atoms with Crippen LogP contribution in [0.1, 0.15) is 12.5 Å². The zero-order valence-corrected chi connectivity index (χ0v) is 7.82. The first-order valence-corrected chi connectivity index (χ1v) is 4.35. The SMILES string of the molecule is CC(=O)OCc1ccc2ccoc2c1. The molecule has 2 rings (SSSR count). The molecule has 0 amide bonds. The van der Waals surface area contributed by atoms with Gasteiger partial charge in [0.25, 0.3) is 0 Å². The second-order valence-corrected chi connectivity index (χ2v) is 3.07. The quantitative estimate of drug-likeness (QED) is 0.683. The van der Waals surface area contributed by atoms with Crippen LogP contribution in [0, 0.1) is 0 Å². The largest absolute Gasteiger partial charge is 0.464 e. The van der Waals surface area contributed by atoms with Gasteiger partial charge in [0, 0.05) is 12.3 Å². The number of hydrogen-bond acceptors (Lipinski definition) is 3. The summed E-state index contributed by atoms with van der Waals surface area (Å²) >= 11 is 0. The van der Waals surface area contributed by atoms with Gasteiger partial charge >= 0.3 is 5.97 Å². The van der Waals surface area contributed by atoms with E-state index in [1.54, 1.807) is 6.26 Å². The van der Waals surface area contributed by atoms with Crippen LogP contribution in [-0.2, 0) is 16.1 Å². The molecule has 2 aromatic rings. The molecule has 0 aliphatic rings. The Labute approximate surface area is 81.3 Å². The van der Waals surface area contributed by atoms with E-state index in [-0.39, 0.29) is 5.97 Å². The lowest BCUT2D eigenvalue weighted by atomic mass is 10.2. The summed E-state index contributed by atoms with van der Waals surface area (Å²) in [5.41, 5.74) is 1.75. The van der Waals surface area contributed by atoms with Gasteiger partial charge in [0.2, 0.25) is 0 Å². The van der Waals surface area contributed by atoms with Crippen LogP contribution in [0.2, 0.25) is 0 Å². The predicted octanol–water partition coefficient (Wildman–Crippen LogP) is 2.50. The molecule has 0 fully saturated rings. The lowest BCUT2D eigenvalue weighted by Gasteiger charge is -2.01. The van der Waals surface area contributed by atoms with E-state index >= 15 is 0 Å². The third kappa shape index (κ3) is 1.76. The van der Waals surface area contributed by atoms with Gasteiger partial charge in [-0.3, -0.25) is 4.79 Å². The van der Waals surface area contributed by atoms with Crippen molar-refractivity contribution in [3.63, 3.8) is 0 Å². The fourth-order valence-corrected chi connectivity index (χ4v) is 1.27. The van der Waals surface area contributed by atoms with E-state index in [1.807, 2.05) is 24.3 Å². The summed E-state index contributed by atoms with van der Waals surface area (Å²) in [7, 11) is 0. The van der Waals surface area contributed by atoms with E-state index in [4.69, 9.17) is 9.15 Å². The molecule has 1 aromatic heterocycles. The van der Waals surface area contributed by atoms with Crippen LogP contribution in [0.25, 0.3) is 11.0 Å². The van der Waals surface area contributed by atoms with Crippen LogP contribution in [0.4, 0.5) is 0 Å². The van der Waals surface area contributed by atoms with Crippen molar-refractivity contribution in [2.45, 2.75) is 13.5 Å². The molecule has 1 aromatic carbocycles. The Hall–Kier alpha value is -1.77. The monoisotopic (exact) mass is 190 g/mol. The average molecular weight is 190 g/mol. The predicted molar refractivity (Wildman–Crippen MR) is 51.7 cm³/mol. The molecule has 14 heavy (non-hydrogen) atoms. The summed E-state index contributed by atoms with van der Waals surface area (Å²) in [5, 5.41) is 1.05. The molecule has 0 saturated heterocycles. The molecular formula is C11H10O3. The standard InChI is InChI=1S/C11H10O3/c1-8(12)14-7-9-2-3-10-4-5-13-11(10)6-9/h2-6H,7H2,1H3. The highest BCUT2D eigenvalue weighted by Gasteiger charge is 2.00. The van der Waals surface area contributed by atoms with Gasteiger partial charge in [-0.25, -0.2) is 0 Å². The van der Waals surface area contributed by atoms with Crippen molar-refractivity contribution < 1.29 is 13.9 Å². The highest BCUT2D eigenvalue weighted by atomic mass is 16.5. The number of rotatable bonds is 2. The van der Waals surface area contributed by atoms with Gasteiger partial charge < -0.3 is 9.15 Å². The van der Waals surface area contributed by atoms with E-state index in [0.717, 1.165) is 16.5 Å². The maximum Gasteiger partial charge on any atom is 0.302 e. The van der Waals surface area contributed by atoms with Crippen molar-refractivity contribution in [3.05, 3.63) is 36.1 Å². The summed E-state index contributed by atoms with van der Waals surface area (Å²) in [6.45, 7) is 1.69. The summed E-state index contributed by atoms with van der Waals surface area (Å²) in [6, 6.07) is 7.63. The molecule has 0 saturated carbocycles. The lowest BCUT2D eigenvalue weighted by Crippen LogP contribution is -1.98. The van der Waals surface area contributed by atoms with Crippen molar-refractivity contribution in [2.24, 2.45) is 0 Å². The number of ether oxygens (including phenoxy) is 1. The van der Waals surface area contributed by atoms with Crippen LogP contribution >= 0.6 is 0 Å². The minimum atomic E-state index is -0.274. The number of hydrogen-bond donors (Lipinski definition) is 0. The van der Waals surface area contributed by atoms with Gasteiger partial charge in [0.15, 0.2) is 0 Å². The van der Waals surface area contributed by atoms with Crippen molar-refractivity contribution in [3.8, 4) is 0 Å². The third-order valence-corrected chi connectivity index (χ3v) is 1.96. The zero-order valence-electron chi connectivity index (χ0n) is 7.82. The number of benzene rings is 1. The Balaban J connectivity index is 2.21. The molecule has 0 bridgehead atoms. The first kappa shape index (κ1) is 8.81. The second-order valence-electron chi connectivity index (χ2n) is 3.07. The van der Waals surface area contributed by atoms with Crippen LogP contribution in [0.3, 0.4) is 0 Å². The minimum absolute atomic E-state index is 0.274. The smallest absolute Gasteiger partial charge is 0.302 e. The lowest BCUT2D eigenvalue weighted by molar-refractivity contribution is -0.142. The van der Waals surface area contributed by atoms with Crippen LogP contribution in [-0.4, -0.2) is 5.97 Å². The maximum absolute atomic E-state index is 10.6. The summed E-state index contributed by atoms with van der Waals surface area (Å²) in [5.74, 6) is -0.274. The minimum Gasteiger partial charge on any atom is -0.464 e. The molecule has 1 heterocycles. The van der Waals surface area contributed by atoms with E-state index in [9.17, 15) is 4.79 Å². The maximum atomic E-state index is 10.6. The van der Waals surface area contributed by atoms with Crippen molar-refractivity contribution >= 4 is 16.9 Å². The second kappa shape index (κ2) is 3.54. The zero-order chi connectivity index (χ0) is 9.97. The molecule has 0 aliphatic carbocycles. The summed E-state index contributed by atoms with van der Waals surface area (Å²) in [4.78, 5) is 10.6. The fourth-order valence-electron chi connectivity index (χ4n) is 1.27. The highest BCUT2D eigenvalue weighted by Crippen LogP contribution is 2.17. The molecule has 72 valence electrons. The third-order valence-electron chi connectivity index (χ3n) is 1.96. The number of furan rings is 1. The molecule has 3 heteroatoms. The molecule has 0 aliphatic heterocycles. The molecule has 0 spiro atoms. The Morgan fingerprint density at radius 1 is 1.43 bits per heavy atom. The van der Waals surface area contributed by atoms with Gasteiger partial charge in [0.05, 0.1) is 6.26 Å². The van der Waals surface area contributed by atoms with Gasteiger partial charge in [0.1, 0.15) is 12.2 Å². The van der Waals surface area contributed by atoms with Crippen molar-refractivity contribution in [1.82, 2.24) is 0 Å². The molecule has 3 nitrogen and oxygen atoms in total. The number of fused-ring (bicyclic) bond motifs is 1. The Morgan fingerprint density at radius 3 is 3.07 bits per heavy atom. The van der Waals surface area contributed by atoms with Gasteiger partial charge in [-0.2, -0.15) is 0 Å². The van der Waals surface area contributed by atoms with E-state index < -0.39 is 0 Å². The first-order chi connectivity index (χ1) is 6.75. The molecule has 0 N–H and O–H groups in total. The fraction of sp³-hybridized carbons (Fsp3) is 0.182. The Bertz CT molecular complexity index is 456. The summed E-state index contributed by atoms with van der Waals surface area (Å²) < 4.78 is 10.1. The Kier molecular flexibility index (Phi) is 2.23. The van der Waals surface area contributed by atoms with Gasteiger partial charge in [-0.05, 0) is 17.7 Å². The Morgan fingerprint density at radius 2 is 2.29 bits per heavy atom. The molecule has 0 unspecified atom stereocenters. The van der Waals surface area contributed by atoms with E-state index in [0.29, 0.717) is 6.61 Å². The first-order valence-electron chi connectivity index (χ1n) is 4.35. The van der Waals surface area contributed by atoms with Crippen molar-refractivity contribution in [2.75, 3.05) is 0 Å². The van der Waals surface area contributed by atoms with E-state index in [1.165, 1.54) is 6.92 Å². The highest BCUT2D eigenvalue weighted by molar-refractivity contribution is 5.77. The number of carbonyl (C=O) groups excluding carboxylic acids is 1. The van der Waals surface area contributed by atoms with Crippen LogP contribution < -0.4 is 0 Å². The van der Waals surface area contributed by atoms with Crippen LogP contribution in [0.5, 0.6) is 0 Å². The average Bonchev–Trinajstić information content (AvgIpc) is 2.61. The normalized spacial score (nSPS) is 10.4. The summed E-state index contributed by atoms with van der Waals surface area (Å²) in [6.07, 6.45) is 1.64. The number of esters is 1. The van der Waals surface area contributed by atoms with Crippen molar-refractivity contribution in [1.29, 1.82) is 0 Å². The van der Waals surface area contributed by atoms with Crippen LogP contribution in [0.15, 0.2) is 34.9 Å². The molecule has 0 radical (unpaired) electrons.